The van der Waals surface area contributed by atoms with Crippen molar-refractivity contribution in [3.8, 4) is 0 Å². The van der Waals surface area contributed by atoms with Crippen molar-refractivity contribution in [2.45, 2.75) is 13.0 Å². The van der Waals surface area contributed by atoms with E-state index in [1.54, 1.807) is 0 Å². The first-order valence-corrected chi connectivity index (χ1v) is 2.87. The lowest BCUT2D eigenvalue weighted by Crippen LogP contribution is -2.39. The highest BCUT2D eigenvalue weighted by Crippen LogP contribution is 1.84. The summed E-state index contributed by atoms with van der Waals surface area (Å²) >= 11 is 0. The minimum atomic E-state index is -1.01. The van der Waals surface area contributed by atoms with Gasteiger partial charge in [0, 0.05) is 7.11 Å². The second-order valence-corrected chi connectivity index (χ2v) is 1.99. The minimum absolute atomic E-state index is 0.0965. The Labute approximate surface area is 59.3 Å². The smallest absolute Gasteiger partial charge is 0.182 e. The first-order chi connectivity index (χ1) is 4.59. The van der Waals surface area contributed by atoms with Crippen molar-refractivity contribution in [1.82, 2.24) is 0 Å². The SMILES string of the molecule is COCC(=O)C(N)C(C)=O. The summed E-state index contributed by atoms with van der Waals surface area (Å²) in [7, 11) is 1.38. The molecule has 0 aliphatic rings. The first-order valence-electron chi connectivity index (χ1n) is 2.87. The molecule has 0 spiro atoms. The molecule has 10 heavy (non-hydrogen) atoms. The van der Waals surface area contributed by atoms with E-state index in [-0.39, 0.29) is 18.2 Å². The maximum atomic E-state index is 10.7. The Morgan fingerprint density at radius 2 is 2.10 bits per heavy atom. The van der Waals surface area contributed by atoms with Gasteiger partial charge < -0.3 is 10.5 Å². The van der Waals surface area contributed by atoms with Crippen LogP contribution in [0.2, 0.25) is 0 Å². The largest absolute Gasteiger partial charge is 0.377 e. The Morgan fingerprint density at radius 3 is 2.40 bits per heavy atom. The van der Waals surface area contributed by atoms with Crippen molar-refractivity contribution in [3.05, 3.63) is 0 Å². The maximum Gasteiger partial charge on any atom is 0.182 e. The summed E-state index contributed by atoms with van der Waals surface area (Å²) in [6, 6.07) is -1.01. The standard InChI is InChI=1S/C6H11NO3/c1-4(8)6(7)5(9)3-10-2/h6H,3,7H2,1-2H3. The van der Waals surface area contributed by atoms with Crippen LogP contribution in [0.1, 0.15) is 6.92 Å². The van der Waals surface area contributed by atoms with Crippen LogP contribution in [0.15, 0.2) is 0 Å². The third kappa shape index (κ3) is 2.70. The molecule has 0 aliphatic carbocycles. The number of nitrogens with two attached hydrogens (primary N) is 1. The molecule has 58 valence electrons. The zero-order chi connectivity index (χ0) is 8.15. The van der Waals surface area contributed by atoms with Crippen LogP contribution < -0.4 is 5.73 Å². The van der Waals surface area contributed by atoms with E-state index < -0.39 is 6.04 Å². The van der Waals surface area contributed by atoms with Crippen LogP contribution in [0.5, 0.6) is 0 Å². The number of hydrogen-bond acceptors (Lipinski definition) is 4. The van der Waals surface area contributed by atoms with E-state index in [9.17, 15) is 9.59 Å². The Hall–Kier alpha value is -0.740. The van der Waals surface area contributed by atoms with Gasteiger partial charge in [0.1, 0.15) is 12.6 Å². The molecule has 0 fully saturated rings. The van der Waals surface area contributed by atoms with E-state index >= 15 is 0 Å². The van der Waals surface area contributed by atoms with Gasteiger partial charge in [-0.2, -0.15) is 0 Å². The molecule has 2 N–H and O–H groups in total. The van der Waals surface area contributed by atoms with Crippen molar-refractivity contribution >= 4 is 11.6 Å². The molecule has 0 aliphatic heterocycles. The molecule has 4 heteroatoms. The van der Waals surface area contributed by atoms with Crippen molar-refractivity contribution in [2.24, 2.45) is 5.73 Å². The van der Waals surface area contributed by atoms with Crippen LogP contribution in [0, 0.1) is 0 Å². The van der Waals surface area contributed by atoms with Crippen LogP contribution >= 0.6 is 0 Å². The van der Waals surface area contributed by atoms with Gasteiger partial charge in [0.25, 0.3) is 0 Å². The fourth-order valence-corrected chi connectivity index (χ4v) is 0.459. The van der Waals surface area contributed by atoms with E-state index in [0.29, 0.717) is 0 Å². The molecule has 0 bridgehead atoms. The molecule has 0 amide bonds. The van der Waals surface area contributed by atoms with Gasteiger partial charge in [-0.1, -0.05) is 0 Å². The van der Waals surface area contributed by atoms with Crippen LogP contribution in [-0.2, 0) is 14.3 Å². The van der Waals surface area contributed by atoms with Crippen molar-refractivity contribution in [2.75, 3.05) is 13.7 Å². The van der Waals surface area contributed by atoms with Crippen molar-refractivity contribution in [1.29, 1.82) is 0 Å². The molecule has 0 rings (SSSR count). The number of carbonyl (C=O) groups is 2. The average Bonchev–Trinajstić information content (AvgIpc) is 1.87. The molecule has 0 saturated heterocycles. The number of Topliss-reactive ketones (excluding diaryl/α,β-unsaturated/α-hetero) is 2. The number of ether oxygens (including phenoxy) is 1. The monoisotopic (exact) mass is 145 g/mol. The van der Waals surface area contributed by atoms with Crippen LogP contribution in [0.4, 0.5) is 0 Å². The molecular formula is C6H11NO3. The molecule has 4 nitrogen and oxygen atoms in total. The Kier molecular flexibility index (Phi) is 3.83. The molecule has 0 saturated carbocycles. The van der Waals surface area contributed by atoms with Crippen LogP contribution in [-0.4, -0.2) is 31.3 Å². The van der Waals surface area contributed by atoms with E-state index in [0.717, 1.165) is 0 Å². The minimum Gasteiger partial charge on any atom is -0.377 e. The highest BCUT2D eigenvalue weighted by Gasteiger charge is 2.16. The van der Waals surface area contributed by atoms with Gasteiger partial charge in [0.05, 0.1) is 0 Å². The van der Waals surface area contributed by atoms with Crippen LogP contribution in [0.25, 0.3) is 0 Å². The zero-order valence-corrected chi connectivity index (χ0v) is 6.09. The van der Waals surface area contributed by atoms with Gasteiger partial charge in [-0.05, 0) is 6.92 Å². The van der Waals surface area contributed by atoms with Gasteiger partial charge in [-0.3, -0.25) is 9.59 Å². The summed E-state index contributed by atoms with van der Waals surface area (Å²) in [6.45, 7) is 1.18. The average molecular weight is 145 g/mol. The molecule has 0 heterocycles. The topological polar surface area (TPSA) is 69.4 Å². The highest BCUT2D eigenvalue weighted by atomic mass is 16.5. The summed E-state index contributed by atoms with van der Waals surface area (Å²) in [6.07, 6.45) is 0. The van der Waals surface area contributed by atoms with E-state index in [1.165, 1.54) is 14.0 Å². The Bertz CT molecular complexity index is 144. The lowest BCUT2D eigenvalue weighted by Gasteiger charge is -2.03. The lowest BCUT2D eigenvalue weighted by molar-refractivity contribution is -0.130. The first kappa shape index (κ1) is 9.26. The molecule has 0 aromatic rings. The van der Waals surface area contributed by atoms with Gasteiger partial charge in [0.15, 0.2) is 11.6 Å². The molecule has 1 unspecified atom stereocenters. The predicted molar refractivity (Wildman–Crippen MR) is 35.5 cm³/mol. The second-order valence-electron chi connectivity index (χ2n) is 1.99. The molecule has 1 atom stereocenters. The molecular weight excluding hydrogens is 134 g/mol. The zero-order valence-electron chi connectivity index (χ0n) is 6.09. The van der Waals surface area contributed by atoms with Gasteiger partial charge in [-0.15, -0.1) is 0 Å². The predicted octanol–water partition coefficient (Wildman–Crippen LogP) is -0.882. The summed E-state index contributed by atoms with van der Waals surface area (Å²) in [5.74, 6) is -0.711. The number of ketones is 2. The lowest BCUT2D eigenvalue weighted by atomic mass is 10.1. The van der Waals surface area contributed by atoms with E-state index in [1.807, 2.05) is 0 Å². The fraction of sp³-hybridized carbons (Fsp3) is 0.667. The van der Waals surface area contributed by atoms with E-state index in [2.05, 4.69) is 4.74 Å². The fourth-order valence-electron chi connectivity index (χ4n) is 0.459. The summed E-state index contributed by atoms with van der Waals surface area (Å²) in [4.78, 5) is 21.2. The molecule has 0 aromatic carbocycles. The number of methoxy groups -OCH3 is 1. The maximum absolute atomic E-state index is 10.7. The quantitative estimate of drug-likeness (QED) is 0.521. The normalized spacial score (nSPS) is 12.7. The van der Waals surface area contributed by atoms with Gasteiger partial charge in [0.2, 0.25) is 0 Å². The number of hydrogen-bond donors (Lipinski definition) is 1. The number of rotatable bonds is 4. The third-order valence-corrected chi connectivity index (χ3v) is 1.07. The molecule has 0 radical (unpaired) electrons. The van der Waals surface area contributed by atoms with Crippen LogP contribution in [0.3, 0.4) is 0 Å². The van der Waals surface area contributed by atoms with E-state index in [4.69, 9.17) is 5.73 Å². The van der Waals surface area contributed by atoms with Crippen molar-refractivity contribution < 1.29 is 14.3 Å². The number of carbonyl (C=O) groups excluding carboxylic acids is 2. The third-order valence-electron chi connectivity index (χ3n) is 1.07. The summed E-state index contributed by atoms with van der Waals surface area (Å²) in [5.41, 5.74) is 5.17. The summed E-state index contributed by atoms with van der Waals surface area (Å²) in [5, 5.41) is 0. The Morgan fingerprint density at radius 1 is 1.60 bits per heavy atom. The van der Waals surface area contributed by atoms with Crippen molar-refractivity contribution in [3.63, 3.8) is 0 Å². The van der Waals surface area contributed by atoms with Gasteiger partial charge >= 0.3 is 0 Å². The second kappa shape index (κ2) is 4.14. The Balaban J connectivity index is 3.82. The van der Waals surface area contributed by atoms with Gasteiger partial charge in [-0.25, -0.2) is 0 Å². The summed E-state index contributed by atoms with van der Waals surface area (Å²) < 4.78 is 4.49. The highest BCUT2D eigenvalue weighted by molar-refractivity contribution is 6.05. The molecule has 0 aromatic heterocycles.